The Balaban J connectivity index is 1.50. The first-order valence-electron chi connectivity index (χ1n) is 14.4. The summed E-state index contributed by atoms with van der Waals surface area (Å²) in [5, 5.41) is 6.82. The van der Waals surface area contributed by atoms with Gasteiger partial charge in [-0.05, 0) is 86.2 Å². The zero-order chi connectivity index (χ0) is 29.0. The number of aryl methyl sites for hydroxylation is 3. The van der Waals surface area contributed by atoms with Gasteiger partial charge in [-0.15, -0.1) is 0 Å². The average Bonchev–Trinajstić information content (AvgIpc) is 2.99. The van der Waals surface area contributed by atoms with Gasteiger partial charge in [-0.2, -0.15) is 15.0 Å². The van der Waals surface area contributed by atoms with Crippen molar-refractivity contribution in [3.63, 3.8) is 0 Å². The average molecular weight is 555 g/mol. The van der Waals surface area contributed by atoms with Crippen LogP contribution in [0.1, 0.15) is 50.1 Å². The molecule has 0 spiro atoms. The summed E-state index contributed by atoms with van der Waals surface area (Å²) < 4.78 is 11.0. The molecule has 1 heterocycles. The molecule has 1 aromatic heterocycles. The van der Waals surface area contributed by atoms with E-state index < -0.39 is 0 Å². The van der Waals surface area contributed by atoms with Crippen LogP contribution in [0.4, 0.5) is 29.0 Å². The summed E-state index contributed by atoms with van der Waals surface area (Å²) >= 11 is 0. The van der Waals surface area contributed by atoms with E-state index >= 15 is 0 Å². The lowest BCUT2D eigenvalue weighted by atomic mass is 10.1. The molecule has 0 atom stereocenters. The number of hydrogen-bond acceptors (Lipinski definition) is 8. The van der Waals surface area contributed by atoms with E-state index in [4.69, 9.17) is 24.4 Å². The van der Waals surface area contributed by atoms with E-state index in [-0.39, 0.29) is 0 Å². The minimum atomic E-state index is 0.560. The monoisotopic (exact) mass is 554 g/mol. The second-order valence-corrected chi connectivity index (χ2v) is 10.0. The number of nitrogens with zero attached hydrogens (tertiary/aromatic N) is 4. The molecular weight excluding hydrogens is 512 g/mol. The van der Waals surface area contributed by atoms with Crippen molar-refractivity contribution in [1.82, 2.24) is 15.0 Å². The van der Waals surface area contributed by atoms with Crippen LogP contribution in [0.25, 0.3) is 0 Å². The minimum Gasteiger partial charge on any atom is -0.496 e. The Bertz CT molecular complexity index is 1390. The third kappa shape index (κ3) is 8.33. The van der Waals surface area contributed by atoms with Gasteiger partial charge >= 0.3 is 0 Å². The standard InChI is InChI=1S/C33H42N6O2/c1-6-21-39(22-7-2)33-37-31(14-10-11-25-16-15-24(3)30(23-25)41-5)36-32(38-33)35-27-19-17-26(18-20-27)34-28-12-8-9-13-29(28)40-4/h8-9,12-13,15-20,23,34H,6-7,10-11,14,21-22H2,1-5H3,(H,35,36,37,38). The number of methoxy groups -OCH3 is 2. The van der Waals surface area contributed by atoms with E-state index in [0.29, 0.717) is 5.95 Å². The van der Waals surface area contributed by atoms with E-state index in [0.717, 1.165) is 91.1 Å². The Morgan fingerprint density at radius 1 is 0.732 bits per heavy atom. The van der Waals surface area contributed by atoms with E-state index in [1.807, 2.05) is 48.5 Å². The predicted molar refractivity (Wildman–Crippen MR) is 168 cm³/mol. The van der Waals surface area contributed by atoms with Crippen LogP contribution in [0, 0.1) is 6.92 Å². The summed E-state index contributed by atoms with van der Waals surface area (Å²) in [7, 11) is 3.39. The Hall–Kier alpha value is -4.33. The van der Waals surface area contributed by atoms with Crippen LogP contribution in [0.2, 0.25) is 0 Å². The fourth-order valence-electron chi connectivity index (χ4n) is 4.71. The van der Waals surface area contributed by atoms with Crippen LogP contribution in [0.5, 0.6) is 11.5 Å². The topological polar surface area (TPSA) is 84.4 Å². The fraction of sp³-hybridized carbons (Fsp3) is 0.364. The van der Waals surface area contributed by atoms with E-state index in [9.17, 15) is 0 Å². The molecular formula is C33H42N6O2. The van der Waals surface area contributed by atoms with Crippen molar-refractivity contribution < 1.29 is 9.47 Å². The largest absolute Gasteiger partial charge is 0.496 e. The second kappa shape index (κ2) is 14.9. The maximum atomic E-state index is 5.50. The van der Waals surface area contributed by atoms with Crippen LogP contribution in [-0.2, 0) is 12.8 Å². The van der Waals surface area contributed by atoms with Gasteiger partial charge in [-0.1, -0.05) is 38.1 Å². The van der Waals surface area contributed by atoms with Crippen LogP contribution in [-0.4, -0.2) is 42.3 Å². The molecule has 0 aliphatic rings. The first-order valence-corrected chi connectivity index (χ1v) is 14.4. The van der Waals surface area contributed by atoms with Crippen molar-refractivity contribution in [3.8, 4) is 11.5 Å². The first-order chi connectivity index (χ1) is 20.0. The molecule has 4 aromatic rings. The summed E-state index contributed by atoms with van der Waals surface area (Å²) in [6.07, 6.45) is 4.67. The lowest BCUT2D eigenvalue weighted by Crippen LogP contribution is -2.28. The summed E-state index contributed by atoms with van der Waals surface area (Å²) in [4.78, 5) is 16.8. The van der Waals surface area contributed by atoms with E-state index in [1.54, 1.807) is 14.2 Å². The zero-order valence-electron chi connectivity index (χ0n) is 24.9. The number of rotatable bonds is 15. The van der Waals surface area contributed by atoms with Gasteiger partial charge in [0.1, 0.15) is 17.3 Å². The Kier molecular flexibility index (Phi) is 10.8. The molecule has 4 rings (SSSR count). The SMILES string of the molecule is CCCN(CCC)c1nc(CCCc2ccc(C)c(OC)c2)nc(Nc2ccc(Nc3ccccc3OC)cc2)n1. The van der Waals surface area contributed by atoms with Gasteiger partial charge in [0.2, 0.25) is 11.9 Å². The molecule has 216 valence electrons. The van der Waals surface area contributed by atoms with Crippen LogP contribution < -0.4 is 25.0 Å². The van der Waals surface area contributed by atoms with Gasteiger partial charge in [0, 0.05) is 30.9 Å². The first kappa shape index (κ1) is 29.6. The second-order valence-electron chi connectivity index (χ2n) is 10.0. The third-order valence-electron chi connectivity index (χ3n) is 6.81. The summed E-state index contributed by atoms with van der Waals surface area (Å²) in [5.41, 5.74) is 5.17. The highest BCUT2D eigenvalue weighted by Crippen LogP contribution is 2.28. The van der Waals surface area contributed by atoms with Gasteiger partial charge in [-0.25, -0.2) is 0 Å². The quantitative estimate of drug-likeness (QED) is 0.156. The highest BCUT2D eigenvalue weighted by molar-refractivity contribution is 5.68. The van der Waals surface area contributed by atoms with Crippen molar-refractivity contribution >= 4 is 29.0 Å². The van der Waals surface area contributed by atoms with Gasteiger partial charge in [0.05, 0.1) is 19.9 Å². The maximum Gasteiger partial charge on any atom is 0.232 e. The molecule has 0 bridgehead atoms. The number of ether oxygens (including phenoxy) is 2. The van der Waals surface area contributed by atoms with Crippen molar-refractivity contribution in [2.45, 2.75) is 52.9 Å². The molecule has 2 N–H and O–H groups in total. The molecule has 0 aliphatic carbocycles. The number of aromatic nitrogens is 3. The van der Waals surface area contributed by atoms with Crippen LogP contribution >= 0.6 is 0 Å². The lowest BCUT2D eigenvalue weighted by Gasteiger charge is -2.22. The molecule has 3 aromatic carbocycles. The molecule has 0 fully saturated rings. The predicted octanol–water partition coefficient (Wildman–Crippen LogP) is 7.49. The van der Waals surface area contributed by atoms with Gasteiger partial charge < -0.3 is 25.0 Å². The summed E-state index contributed by atoms with van der Waals surface area (Å²) in [5.74, 6) is 3.81. The highest BCUT2D eigenvalue weighted by Gasteiger charge is 2.14. The summed E-state index contributed by atoms with van der Waals surface area (Å²) in [6, 6.07) is 22.3. The molecule has 0 aliphatic heterocycles. The lowest BCUT2D eigenvalue weighted by molar-refractivity contribution is 0.411. The molecule has 0 amide bonds. The van der Waals surface area contributed by atoms with Gasteiger partial charge in [0.15, 0.2) is 0 Å². The number of nitrogens with one attached hydrogen (secondary N) is 2. The van der Waals surface area contributed by atoms with Crippen molar-refractivity contribution in [2.24, 2.45) is 0 Å². The smallest absolute Gasteiger partial charge is 0.232 e. The van der Waals surface area contributed by atoms with Crippen LogP contribution in [0.15, 0.2) is 66.7 Å². The Morgan fingerprint density at radius 3 is 2.10 bits per heavy atom. The molecule has 0 saturated carbocycles. The fourth-order valence-corrected chi connectivity index (χ4v) is 4.71. The number of hydrogen-bond donors (Lipinski definition) is 2. The Labute approximate surface area is 244 Å². The Morgan fingerprint density at radius 2 is 1.41 bits per heavy atom. The minimum absolute atomic E-state index is 0.560. The van der Waals surface area contributed by atoms with E-state index in [1.165, 1.54) is 5.56 Å². The maximum absolute atomic E-state index is 5.50. The van der Waals surface area contributed by atoms with E-state index in [2.05, 4.69) is 54.5 Å². The highest BCUT2D eigenvalue weighted by atomic mass is 16.5. The number of anilines is 5. The van der Waals surface area contributed by atoms with Gasteiger partial charge in [-0.3, -0.25) is 0 Å². The molecule has 8 nitrogen and oxygen atoms in total. The number of para-hydroxylation sites is 2. The number of benzene rings is 3. The molecule has 0 radical (unpaired) electrons. The summed E-state index contributed by atoms with van der Waals surface area (Å²) in [6.45, 7) is 8.24. The van der Waals surface area contributed by atoms with Gasteiger partial charge in [0.25, 0.3) is 0 Å². The van der Waals surface area contributed by atoms with Crippen LogP contribution in [0.3, 0.4) is 0 Å². The molecule has 8 heteroatoms. The molecule has 0 unspecified atom stereocenters. The van der Waals surface area contributed by atoms with Crippen molar-refractivity contribution in [3.05, 3.63) is 83.7 Å². The third-order valence-corrected chi connectivity index (χ3v) is 6.81. The zero-order valence-corrected chi connectivity index (χ0v) is 24.9. The normalized spacial score (nSPS) is 10.8. The molecule has 41 heavy (non-hydrogen) atoms. The molecule has 0 saturated heterocycles. The van der Waals surface area contributed by atoms with Crippen molar-refractivity contribution in [2.75, 3.05) is 42.8 Å². The van der Waals surface area contributed by atoms with Crippen molar-refractivity contribution in [1.29, 1.82) is 0 Å².